The Bertz CT molecular complexity index is 1530. The zero-order valence-electron chi connectivity index (χ0n) is 20.9. The summed E-state index contributed by atoms with van der Waals surface area (Å²) >= 11 is 0. The van der Waals surface area contributed by atoms with Gasteiger partial charge in [-0.1, -0.05) is 54.1 Å². The van der Waals surface area contributed by atoms with Gasteiger partial charge in [0.25, 0.3) is 15.9 Å². The van der Waals surface area contributed by atoms with E-state index in [1.54, 1.807) is 6.07 Å². The minimum atomic E-state index is -4.27. The van der Waals surface area contributed by atoms with Gasteiger partial charge in [-0.15, -0.1) is 0 Å². The molecule has 37 heavy (non-hydrogen) atoms. The number of anilines is 1. The van der Waals surface area contributed by atoms with Crippen molar-refractivity contribution in [2.45, 2.75) is 38.6 Å². The average molecular weight is 517 g/mol. The fourth-order valence-corrected chi connectivity index (χ4v) is 4.96. The fraction of sp³-hybridized carbons (Fsp3) is 0.179. The van der Waals surface area contributed by atoms with Crippen molar-refractivity contribution in [3.63, 3.8) is 0 Å². The number of amides is 1. The summed E-state index contributed by atoms with van der Waals surface area (Å²) in [6, 6.07) is 21.3. The zero-order chi connectivity index (χ0) is 26.6. The predicted molar refractivity (Wildman–Crippen MR) is 142 cm³/mol. The second kappa shape index (κ2) is 10.8. The Balaban J connectivity index is 1.68. The first kappa shape index (κ1) is 25.8. The topological polar surface area (TPSA) is 124 Å². The first-order valence-electron chi connectivity index (χ1n) is 11.7. The van der Waals surface area contributed by atoms with Gasteiger partial charge in [-0.05, 0) is 74.6 Å². The van der Waals surface area contributed by atoms with Crippen molar-refractivity contribution < 1.29 is 17.9 Å². The third-order valence-electron chi connectivity index (χ3n) is 5.73. The number of nitrogens with two attached hydrogens (primary N) is 1. The van der Waals surface area contributed by atoms with Crippen LogP contribution in [0.3, 0.4) is 0 Å². The quantitative estimate of drug-likeness (QED) is 0.348. The molecular weight excluding hydrogens is 488 g/mol. The number of carbonyl (C=O) groups excluding carboxylic acids is 1. The number of benzene rings is 2. The molecule has 3 N–H and O–H groups in total. The van der Waals surface area contributed by atoms with Crippen LogP contribution in [-0.4, -0.2) is 24.3 Å². The van der Waals surface area contributed by atoms with Gasteiger partial charge < -0.3 is 10.5 Å². The van der Waals surface area contributed by atoms with Crippen LogP contribution in [0.15, 0.2) is 77.8 Å². The van der Waals surface area contributed by atoms with Crippen molar-refractivity contribution in [2.75, 3.05) is 5.73 Å². The number of sulfonamides is 1. The number of ether oxygens (including phenoxy) is 1. The van der Waals surface area contributed by atoms with Gasteiger partial charge in [-0.3, -0.25) is 4.79 Å². The molecule has 0 spiro atoms. The second-order valence-electron chi connectivity index (χ2n) is 8.81. The Morgan fingerprint density at radius 1 is 0.892 bits per heavy atom. The first-order valence-corrected chi connectivity index (χ1v) is 13.2. The van der Waals surface area contributed by atoms with Crippen LogP contribution in [0.2, 0.25) is 0 Å². The highest BCUT2D eigenvalue weighted by Gasteiger charge is 2.24. The molecule has 0 radical (unpaired) electrons. The predicted octanol–water partition coefficient (Wildman–Crippen LogP) is 4.68. The molecule has 9 heteroatoms. The van der Waals surface area contributed by atoms with Gasteiger partial charge in [0.2, 0.25) is 5.88 Å². The van der Waals surface area contributed by atoms with Gasteiger partial charge in [-0.25, -0.2) is 14.7 Å². The minimum absolute atomic E-state index is 0.0182. The largest absolute Gasteiger partial charge is 0.438 e. The number of nitrogens with one attached hydrogen (secondary N) is 1. The van der Waals surface area contributed by atoms with Gasteiger partial charge in [-0.2, -0.15) is 8.42 Å². The molecule has 0 saturated carbocycles. The van der Waals surface area contributed by atoms with E-state index in [1.165, 1.54) is 24.3 Å². The van der Waals surface area contributed by atoms with E-state index >= 15 is 0 Å². The van der Waals surface area contributed by atoms with Crippen LogP contribution in [-0.2, 0) is 22.9 Å². The van der Waals surface area contributed by atoms with Crippen LogP contribution < -0.4 is 15.2 Å². The molecule has 0 aliphatic rings. The van der Waals surface area contributed by atoms with Crippen LogP contribution in [0.25, 0.3) is 0 Å². The average Bonchev–Trinajstić information content (AvgIpc) is 2.85. The van der Waals surface area contributed by atoms with E-state index in [0.717, 1.165) is 28.7 Å². The number of carbonyl (C=O) groups is 1. The number of aryl methyl sites for hydroxylation is 5. The van der Waals surface area contributed by atoms with Gasteiger partial charge in [0.1, 0.15) is 17.1 Å². The number of pyridine rings is 2. The van der Waals surface area contributed by atoms with E-state index in [1.807, 2.05) is 63.2 Å². The van der Waals surface area contributed by atoms with Crippen molar-refractivity contribution in [1.29, 1.82) is 0 Å². The lowest BCUT2D eigenvalue weighted by Crippen LogP contribution is -2.31. The Morgan fingerprint density at radius 2 is 1.59 bits per heavy atom. The summed E-state index contributed by atoms with van der Waals surface area (Å²) in [5, 5.41) is -0.360. The summed E-state index contributed by atoms with van der Waals surface area (Å²) in [7, 11) is -4.27. The molecule has 0 fully saturated rings. The minimum Gasteiger partial charge on any atom is -0.438 e. The summed E-state index contributed by atoms with van der Waals surface area (Å²) in [4.78, 5) is 21.6. The number of hydrogen-bond acceptors (Lipinski definition) is 7. The van der Waals surface area contributed by atoms with Gasteiger partial charge >= 0.3 is 0 Å². The number of rotatable bonds is 8. The number of hydrogen-bond donors (Lipinski definition) is 2. The van der Waals surface area contributed by atoms with Crippen molar-refractivity contribution in [3.05, 3.63) is 106 Å². The third-order valence-corrected chi connectivity index (χ3v) is 6.96. The summed E-state index contributed by atoms with van der Waals surface area (Å²) in [5.74, 6) is -0.278. The van der Waals surface area contributed by atoms with Crippen LogP contribution in [0, 0.1) is 20.8 Å². The standard InChI is InChI=1S/C28H28N4O4S/c1-18-16-19(2)26(20(3)17-18)36-28-23(15-14-22(30-28)13-12-21-8-5-4-6-9-21)27(33)32-37(34,35)25-11-7-10-24(29)31-25/h4-11,14-17H,12-13H2,1-3H3,(H2,29,31)(H,32,33). The Kier molecular flexibility index (Phi) is 7.54. The molecule has 4 rings (SSSR count). The van der Waals surface area contributed by atoms with Crippen molar-refractivity contribution in [3.8, 4) is 11.6 Å². The van der Waals surface area contributed by atoms with Crippen LogP contribution in [0.4, 0.5) is 5.82 Å². The molecule has 0 unspecified atom stereocenters. The zero-order valence-corrected chi connectivity index (χ0v) is 21.7. The number of nitrogen functional groups attached to an aromatic ring is 1. The maximum absolute atomic E-state index is 13.2. The van der Waals surface area contributed by atoms with E-state index in [2.05, 4.69) is 14.7 Å². The SMILES string of the molecule is Cc1cc(C)c(Oc2nc(CCc3ccccc3)ccc2C(=O)NS(=O)(=O)c2cccc(N)n2)c(C)c1. The van der Waals surface area contributed by atoms with E-state index in [9.17, 15) is 13.2 Å². The van der Waals surface area contributed by atoms with Crippen molar-refractivity contribution in [2.24, 2.45) is 0 Å². The lowest BCUT2D eigenvalue weighted by atomic mass is 10.1. The Morgan fingerprint density at radius 3 is 2.27 bits per heavy atom. The van der Waals surface area contributed by atoms with E-state index in [0.29, 0.717) is 17.9 Å². The normalized spacial score (nSPS) is 11.2. The summed E-state index contributed by atoms with van der Waals surface area (Å²) in [6.07, 6.45) is 1.36. The highest BCUT2D eigenvalue weighted by atomic mass is 32.2. The number of aromatic nitrogens is 2. The summed E-state index contributed by atoms with van der Waals surface area (Å²) < 4.78 is 33.8. The molecule has 0 aliphatic heterocycles. The van der Waals surface area contributed by atoms with Gasteiger partial charge in [0.05, 0.1) is 0 Å². The van der Waals surface area contributed by atoms with Crippen LogP contribution >= 0.6 is 0 Å². The maximum atomic E-state index is 13.2. The Hall–Kier alpha value is -4.24. The molecule has 8 nitrogen and oxygen atoms in total. The fourth-order valence-electron chi connectivity index (χ4n) is 4.02. The van der Waals surface area contributed by atoms with Crippen molar-refractivity contribution >= 4 is 21.7 Å². The molecule has 2 aromatic heterocycles. The number of nitrogens with zero attached hydrogens (tertiary/aromatic N) is 2. The lowest BCUT2D eigenvalue weighted by Gasteiger charge is -2.16. The molecule has 2 aromatic carbocycles. The van der Waals surface area contributed by atoms with Gasteiger partial charge in [0.15, 0.2) is 5.03 Å². The van der Waals surface area contributed by atoms with E-state index < -0.39 is 15.9 Å². The molecule has 4 aromatic rings. The summed E-state index contributed by atoms with van der Waals surface area (Å²) in [5.41, 5.74) is 10.3. The highest BCUT2D eigenvalue weighted by Crippen LogP contribution is 2.31. The lowest BCUT2D eigenvalue weighted by molar-refractivity contribution is 0.0978. The smallest absolute Gasteiger partial charge is 0.281 e. The third kappa shape index (κ3) is 6.31. The molecular formula is C28H28N4O4S. The maximum Gasteiger partial charge on any atom is 0.281 e. The highest BCUT2D eigenvalue weighted by molar-refractivity contribution is 7.90. The van der Waals surface area contributed by atoms with Gasteiger partial charge in [0, 0.05) is 5.69 Å². The van der Waals surface area contributed by atoms with Crippen molar-refractivity contribution in [1.82, 2.24) is 14.7 Å². The molecule has 0 atom stereocenters. The molecule has 1 amide bonds. The first-order chi connectivity index (χ1) is 17.6. The molecule has 2 heterocycles. The molecule has 190 valence electrons. The molecule has 0 aliphatic carbocycles. The summed E-state index contributed by atoms with van der Waals surface area (Å²) in [6.45, 7) is 5.80. The van der Waals surface area contributed by atoms with E-state index in [4.69, 9.17) is 10.5 Å². The molecule has 0 saturated heterocycles. The monoisotopic (exact) mass is 516 g/mol. The Labute approximate surface area is 216 Å². The van der Waals surface area contributed by atoms with E-state index in [-0.39, 0.29) is 22.3 Å². The van der Waals surface area contributed by atoms with Crippen LogP contribution in [0.1, 0.15) is 38.3 Å². The second-order valence-corrected chi connectivity index (χ2v) is 10.4. The molecule has 0 bridgehead atoms. The van der Waals surface area contributed by atoms with Crippen LogP contribution in [0.5, 0.6) is 11.6 Å².